The lowest BCUT2D eigenvalue weighted by Gasteiger charge is -2.16. The Labute approximate surface area is 133 Å². The van der Waals surface area contributed by atoms with Crippen LogP contribution in [-0.4, -0.2) is 48.9 Å². The van der Waals surface area contributed by atoms with Crippen molar-refractivity contribution in [3.05, 3.63) is 41.5 Å². The molecule has 1 amide bonds. The van der Waals surface area contributed by atoms with Crippen molar-refractivity contribution in [2.45, 2.75) is 19.3 Å². The predicted octanol–water partition coefficient (Wildman–Crippen LogP) is 1.63. The molecule has 0 unspecified atom stereocenters. The summed E-state index contributed by atoms with van der Waals surface area (Å²) in [6, 6.07) is 5.42. The van der Waals surface area contributed by atoms with E-state index in [1.54, 1.807) is 6.07 Å². The maximum Gasteiger partial charge on any atom is 0.253 e. The summed E-state index contributed by atoms with van der Waals surface area (Å²) in [5.74, 6) is 1.40. The zero-order chi connectivity index (χ0) is 16.0. The number of benzene rings is 1. The maximum atomic E-state index is 12.7. The summed E-state index contributed by atoms with van der Waals surface area (Å²) in [7, 11) is 2.01. The van der Waals surface area contributed by atoms with Crippen LogP contribution in [0.3, 0.4) is 0 Å². The van der Waals surface area contributed by atoms with Crippen molar-refractivity contribution in [2.24, 2.45) is 7.05 Å². The normalized spacial score (nSPS) is 18.0. The van der Waals surface area contributed by atoms with Crippen molar-refractivity contribution in [1.29, 1.82) is 0 Å². The molecule has 1 atom stereocenters. The van der Waals surface area contributed by atoms with Gasteiger partial charge in [0.2, 0.25) is 0 Å². The van der Waals surface area contributed by atoms with Crippen LogP contribution in [0.4, 0.5) is 0 Å². The van der Waals surface area contributed by atoms with Crippen molar-refractivity contribution in [3.63, 3.8) is 0 Å². The molecule has 0 saturated carbocycles. The van der Waals surface area contributed by atoms with Gasteiger partial charge in [-0.2, -0.15) is 15.4 Å². The second-order valence-electron chi connectivity index (χ2n) is 6.12. The molecule has 7 nitrogen and oxygen atoms in total. The zero-order valence-corrected chi connectivity index (χ0v) is 13.2. The number of aromatic nitrogens is 5. The van der Waals surface area contributed by atoms with Crippen molar-refractivity contribution >= 4 is 16.9 Å². The lowest BCUT2D eigenvalue weighted by Crippen LogP contribution is -2.28. The molecule has 2 aromatic heterocycles. The summed E-state index contributed by atoms with van der Waals surface area (Å²) in [4.78, 5) is 19.2. The van der Waals surface area contributed by atoms with E-state index >= 15 is 0 Å². The van der Waals surface area contributed by atoms with Gasteiger partial charge in [0.1, 0.15) is 16.9 Å². The number of imidazole rings is 1. The van der Waals surface area contributed by atoms with Crippen LogP contribution in [0.2, 0.25) is 0 Å². The van der Waals surface area contributed by atoms with Gasteiger partial charge in [-0.3, -0.25) is 4.79 Å². The first-order valence-electron chi connectivity index (χ1n) is 7.71. The first kappa shape index (κ1) is 13.9. The third-order valence-electron chi connectivity index (χ3n) is 4.44. The number of rotatable bonds is 2. The van der Waals surface area contributed by atoms with Crippen molar-refractivity contribution in [1.82, 2.24) is 29.9 Å². The van der Waals surface area contributed by atoms with E-state index in [0.717, 1.165) is 30.0 Å². The quantitative estimate of drug-likeness (QED) is 0.780. The fourth-order valence-electron chi connectivity index (χ4n) is 3.33. The molecule has 1 N–H and O–H groups in total. The van der Waals surface area contributed by atoms with Gasteiger partial charge < -0.3 is 9.47 Å². The number of aryl methyl sites for hydroxylation is 2. The van der Waals surface area contributed by atoms with Gasteiger partial charge in [0.25, 0.3) is 5.91 Å². The van der Waals surface area contributed by atoms with E-state index in [1.165, 1.54) is 0 Å². The highest BCUT2D eigenvalue weighted by atomic mass is 16.2. The molecule has 0 bridgehead atoms. The largest absolute Gasteiger partial charge is 0.338 e. The van der Waals surface area contributed by atoms with E-state index < -0.39 is 0 Å². The number of H-pyrrole nitrogens is 1. The number of hydrogen-bond donors (Lipinski definition) is 1. The Morgan fingerprint density at radius 3 is 2.91 bits per heavy atom. The van der Waals surface area contributed by atoms with Crippen molar-refractivity contribution in [2.75, 3.05) is 13.1 Å². The van der Waals surface area contributed by atoms with Gasteiger partial charge >= 0.3 is 0 Å². The van der Waals surface area contributed by atoms with Crippen LogP contribution in [0.15, 0.2) is 24.4 Å². The van der Waals surface area contributed by atoms with Crippen molar-refractivity contribution in [3.8, 4) is 0 Å². The summed E-state index contributed by atoms with van der Waals surface area (Å²) in [5, 5.41) is 10.6. The van der Waals surface area contributed by atoms with Gasteiger partial charge in [-0.1, -0.05) is 0 Å². The number of nitrogens with one attached hydrogen (secondary N) is 1. The molecule has 3 heterocycles. The van der Waals surface area contributed by atoms with Crippen molar-refractivity contribution < 1.29 is 4.79 Å². The van der Waals surface area contributed by atoms with E-state index in [1.807, 2.05) is 37.2 Å². The molecule has 4 rings (SSSR count). The SMILES string of the molecule is Cc1cn(C)c([C@H]2CCN(C(=O)c3ccc4n[nH]nc4c3)C2)n1. The van der Waals surface area contributed by atoms with Gasteiger partial charge in [-0.05, 0) is 31.5 Å². The number of fused-ring (bicyclic) bond motifs is 1. The van der Waals surface area contributed by atoms with E-state index in [0.29, 0.717) is 23.5 Å². The van der Waals surface area contributed by atoms with Crippen LogP contribution < -0.4 is 0 Å². The molecule has 0 spiro atoms. The fourth-order valence-corrected chi connectivity index (χ4v) is 3.33. The van der Waals surface area contributed by atoms with E-state index in [4.69, 9.17) is 0 Å². The lowest BCUT2D eigenvalue weighted by atomic mass is 10.1. The molecule has 118 valence electrons. The summed E-state index contributed by atoms with van der Waals surface area (Å²) in [6.07, 6.45) is 2.97. The lowest BCUT2D eigenvalue weighted by molar-refractivity contribution is 0.0790. The molecule has 1 saturated heterocycles. The molecule has 7 heteroatoms. The van der Waals surface area contributed by atoms with Gasteiger partial charge in [0.05, 0.1) is 5.69 Å². The van der Waals surface area contributed by atoms with E-state index in [2.05, 4.69) is 25.0 Å². The first-order chi connectivity index (χ1) is 11.1. The van der Waals surface area contributed by atoms with Crippen LogP contribution >= 0.6 is 0 Å². The molecule has 23 heavy (non-hydrogen) atoms. The summed E-state index contributed by atoms with van der Waals surface area (Å²) >= 11 is 0. The molecule has 0 aliphatic carbocycles. The minimum absolute atomic E-state index is 0.0448. The van der Waals surface area contributed by atoms with E-state index in [9.17, 15) is 4.79 Å². The third-order valence-corrected chi connectivity index (χ3v) is 4.44. The summed E-state index contributed by atoms with van der Waals surface area (Å²) in [6.45, 7) is 3.46. The summed E-state index contributed by atoms with van der Waals surface area (Å²) in [5.41, 5.74) is 3.16. The Balaban J connectivity index is 1.54. The number of nitrogens with zero attached hydrogens (tertiary/aromatic N) is 5. The average Bonchev–Trinajstić information content (AvgIpc) is 3.24. The molecule has 1 aliphatic rings. The van der Waals surface area contributed by atoms with Gasteiger partial charge in [0, 0.05) is 37.8 Å². The summed E-state index contributed by atoms with van der Waals surface area (Å²) < 4.78 is 2.06. The van der Waals surface area contributed by atoms with Crippen LogP contribution in [0, 0.1) is 6.92 Å². The molecule has 1 aromatic carbocycles. The average molecular weight is 310 g/mol. The zero-order valence-electron chi connectivity index (χ0n) is 13.2. The second kappa shape index (κ2) is 5.19. The van der Waals surface area contributed by atoms with Gasteiger partial charge in [0.15, 0.2) is 0 Å². The minimum Gasteiger partial charge on any atom is -0.338 e. The van der Waals surface area contributed by atoms with Gasteiger partial charge in [-0.25, -0.2) is 4.98 Å². The van der Waals surface area contributed by atoms with Crippen LogP contribution in [0.1, 0.15) is 34.2 Å². The number of hydrogen-bond acceptors (Lipinski definition) is 4. The Kier molecular flexibility index (Phi) is 3.14. The molecule has 3 aromatic rings. The molecule has 0 radical (unpaired) electrons. The highest BCUT2D eigenvalue weighted by Gasteiger charge is 2.30. The highest BCUT2D eigenvalue weighted by molar-refractivity contribution is 5.97. The number of amides is 1. The Morgan fingerprint density at radius 1 is 1.30 bits per heavy atom. The van der Waals surface area contributed by atoms with E-state index in [-0.39, 0.29) is 5.91 Å². The fraction of sp³-hybridized carbons (Fsp3) is 0.375. The number of likely N-dealkylation sites (tertiary alicyclic amines) is 1. The molecular weight excluding hydrogens is 292 g/mol. The number of carbonyl (C=O) groups excluding carboxylic acids is 1. The standard InChI is InChI=1S/C16H18N6O/c1-10-8-21(2)15(17-10)12-5-6-22(9-12)16(23)11-3-4-13-14(7-11)19-20-18-13/h3-4,7-8,12H,5-6,9H2,1-2H3,(H,18,19,20)/t12-/m0/s1. The number of carbonyl (C=O) groups is 1. The van der Waals surface area contributed by atoms with Crippen LogP contribution in [0.5, 0.6) is 0 Å². The Hall–Kier alpha value is -2.70. The predicted molar refractivity (Wildman–Crippen MR) is 85.1 cm³/mol. The first-order valence-corrected chi connectivity index (χ1v) is 7.71. The highest BCUT2D eigenvalue weighted by Crippen LogP contribution is 2.27. The Morgan fingerprint density at radius 2 is 2.13 bits per heavy atom. The monoisotopic (exact) mass is 310 g/mol. The van der Waals surface area contributed by atoms with Crippen LogP contribution in [-0.2, 0) is 7.05 Å². The van der Waals surface area contributed by atoms with Crippen LogP contribution in [0.25, 0.3) is 11.0 Å². The molecule has 1 aliphatic heterocycles. The topological polar surface area (TPSA) is 79.7 Å². The third kappa shape index (κ3) is 2.38. The minimum atomic E-state index is 0.0448. The molecule has 1 fully saturated rings. The number of aromatic amines is 1. The smallest absolute Gasteiger partial charge is 0.253 e. The second-order valence-corrected chi connectivity index (χ2v) is 6.12. The van der Waals surface area contributed by atoms with Gasteiger partial charge in [-0.15, -0.1) is 0 Å². The molecular formula is C16H18N6O. The maximum absolute atomic E-state index is 12.7. The Bertz CT molecular complexity index is 880.